The lowest BCUT2D eigenvalue weighted by atomic mass is 10.0. The second-order valence-electron chi connectivity index (χ2n) is 6.04. The summed E-state index contributed by atoms with van der Waals surface area (Å²) in [5.41, 5.74) is 13.3. The molecule has 9 heteroatoms. The molecule has 0 bridgehead atoms. The molecule has 1 saturated heterocycles. The van der Waals surface area contributed by atoms with Crippen molar-refractivity contribution in [2.75, 3.05) is 25.6 Å². The number of hydrogen-bond donors (Lipinski definition) is 4. The smallest absolute Gasteiger partial charge is 0.158 e. The van der Waals surface area contributed by atoms with Crippen LogP contribution in [0.2, 0.25) is 0 Å². The summed E-state index contributed by atoms with van der Waals surface area (Å²) in [6.07, 6.45) is 4.42. The third-order valence-corrected chi connectivity index (χ3v) is 4.19. The van der Waals surface area contributed by atoms with E-state index in [-0.39, 0.29) is 17.9 Å². The van der Waals surface area contributed by atoms with E-state index in [4.69, 9.17) is 20.5 Å². The first-order valence-electron chi connectivity index (χ1n) is 8.74. The van der Waals surface area contributed by atoms with Crippen molar-refractivity contribution in [1.82, 2.24) is 20.8 Å². The second-order valence-corrected chi connectivity index (χ2v) is 6.04. The number of nitrogens with zero attached hydrogens (tertiary/aromatic N) is 3. The molecule has 1 aliphatic heterocycles. The van der Waals surface area contributed by atoms with E-state index in [0.717, 1.165) is 29.9 Å². The Morgan fingerprint density at radius 3 is 2.85 bits per heavy atom. The lowest BCUT2D eigenvalue weighted by Gasteiger charge is -2.19. The fourth-order valence-electron chi connectivity index (χ4n) is 2.92. The molecule has 0 aliphatic carbocycles. The molecule has 2 aromatic rings. The Morgan fingerprint density at radius 2 is 2.15 bits per heavy atom. The molecule has 0 amide bonds. The maximum atomic E-state index is 8.80. The highest BCUT2D eigenvalue weighted by Crippen LogP contribution is 2.37. The second kappa shape index (κ2) is 9.14. The van der Waals surface area contributed by atoms with Crippen molar-refractivity contribution in [2.45, 2.75) is 25.0 Å². The van der Waals surface area contributed by atoms with Gasteiger partial charge in [-0.2, -0.15) is 5.26 Å². The van der Waals surface area contributed by atoms with Crippen LogP contribution in [0.25, 0.3) is 0 Å². The average Bonchev–Trinajstić information content (AvgIpc) is 3.16. The van der Waals surface area contributed by atoms with Crippen LogP contribution in [0.3, 0.4) is 0 Å². The summed E-state index contributed by atoms with van der Waals surface area (Å²) in [6.45, 7) is 1.14. The Morgan fingerprint density at radius 1 is 1.30 bits per heavy atom. The Hall–Kier alpha value is -2.93. The van der Waals surface area contributed by atoms with Gasteiger partial charge in [0.1, 0.15) is 23.4 Å². The zero-order chi connectivity index (χ0) is 19.1. The van der Waals surface area contributed by atoms with Gasteiger partial charge < -0.3 is 20.5 Å². The van der Waals surface area contributed by atoms with Crippen molar-refractivity contribution < 1.29 is 9.47 Å². The van der Waals surface area contributed by atoms with Gasteiger partial charge in [0.05, 0.1) is 43.9 Å². The fourth-order valence-corrected chi connectivity index (χ4v) is 2.92. The molecule has 27 heavy (non-hydrogen) atoms. The number of ether oxygens (including phenoxy) is 2. The van der Waals surface area contributed by atoms with E-state index in [1.807, 2.05) is 24.3 Å². The van der Waals surface area contributed by atoms with Gasteiger partial charge in [-0.05, 0) is 25.1 Å². The zero-order valence-corrected chi connectivity index (χ0v) is 15.1. The maximum absolute atomic E-state index is 8.80. The van der Waals surface area contributed by atoms with Gasteiger partial charge >= 0.3 is 0 Å². The summed E-state index contributed by atoms with van der Waals surface area (Å²) < 4.78 is 11.4. The number of benzene rings is 1. The predicted octanol–water partition coefficient (Wildman–Crippen LogP) is 1.06. The van der Waals surface area contributed by atoms with Gasteiger partial charge in [-0.1, -0.05) is 6.07 Å². The molecule has 1 aromatic heterocycles. The Balaban J connectivity index is 1.70. The number of rotatable bonds is 8. The van der Waals surface area contributed by atoms with Crippen LogP contribution in [0.5, 0.6) is 11.5 Å². The summed E-state index contributed by atoms with van der Waals surface area (Å²) in [5, 5.41) is 12.0. The van der Waals surface area contributed by atoms with Crippen LogP contribution in [0.15, 0.2) is 30.6 Å². The SMILES string of the molecule is COc1cccc(OCCCN)c1C1CC(Nc2cnc(C#N)cn2)NN1. The van der Waals surface area contributed by atoms with Crippen LogP contribution in [0, 0.1) is 11.3 Å². The summed E-state index contributed by atoms with van der Waals surface area (Å²) in [6, 6.07) is 7.69. The summed E-state index contributed by atoms with van der Waals surface area (Å²) in [7, 11) is 1.65. The van der Waals surface area contributed by atoms with Gasteiger partial charge in [0.15, 0.2) is 5.69 Å². The van der Waals surface area contributed by atoms with Crippen molar-refractivity contribution in [3.8, 4) is 17.6 Å². The lowest BCUT2D eigenvalue weighted by Crippen LogP contribution is -2.36. The fraction of sp³-hybridized carbons (Fsp3) is 0.389. The van der Waals surface area contributed by atoms with Crippen LogP contribution in [0.1, 0.15) is 30.1 Å². The largest absolute Gasteiger partial charge is 0.496 e. The number of nitrogens with two attached hydrogens (primary N) is 1. The molecule has 3 rings (SSSR count). The van der Waals surface area contributed by atoms with Crippen molar-refractivity contribution in [3.63, 3.8) is 0 Å². The standard InChI is InChI=1S/C18H23N7O2/c1-26-14-4-2-5-15(27-7-3-6-19)18(14)13-8-16(25-24-13)23-17-11-21-12(9-20)10-22-17/h2,4-5,10-11,13,16,24-25H,3,6-8,19H2,1H3,(H,22,23). The number of hydrogen-bond acceptors (Lipinski definition) is 9. The molecule has 2 heterocycles. The summed E-state index contributed by atoms with van der Waals surface area (Å²) >= 11 is 0. The van der Waals surface area contributed by atoms with E-state index in [2.05, 4.69) is 26.1 Å². The van der Waals surface area contributed by atoms with E-state index in [1.54, 1.807) is 7.11 Å². The van der Waals surface area contributed by atoms with Crippen molar-refractivity contribution in [2.24, 2.45) is 5.73 Å². The molecule has 5 N–H and O–H groups in total. The molecule has 0 spiro atoms. The number of methoxy groups -OCH3 is 1. The molecule has 0 radical (unpaired) electrons. The molecular weight excluding hydrogens is 346 g/mol. The van der Waals surface area contributed by atoms with Crippen LogP contribution >= 0.6 is 0 Å². The normalized spacial score (nSPS) is 18.7. The van der Waals surface area contributed by atoms with Gasteiger partial charge in [0.2, 0.25) is 0 Å². The molecule has 1 fully saturated rings. The molecular formula is C18H23N7O2. The Kier molecular flexibility index (Phi) is 6.38. The van der Waals surface area contributed by atoms with E-state index in [0.29, 0.717) is 19.0 Å². The van der Waals surface area contributed by atoms with E-state index in [1.165, 1.54) is 12.4 Å². The minimum absolute atomic E-state index is 0.0159. The van der Waals surface area contributed by atoms with Crippen LogP contribution in [-0.4, -0.2) is 36.4 Å². The monoisotopic (exact) mass is 369 g/mol. The summed E-state index contributed by atoms with van der Waals surface area (Å²) in [5.74, 6) is 2.13. The quantitative estimate of drug-likeness (QED) is 0.505. The molecule has 9 nitrogen and oxygen atoms in total. The predicted molar refractivity (Wildman–Crippen MR) is 99.9 cm³/mol. The third kappa shape index (κ3) is 4.62. The third-order valence-electron chi connectivity index (χ3n) is 4.19. The topological polar surface area (TPSA) is 130 Å². The number of nitrogens with one attached hydrogen (secondary N) is 3. The Labute approximate surface area is 157 Å². The minimum Gasteiger partial charge on any atom is -0.496 e. The summed E-state index contributed by atoms with van der Waals surface area (Å²) in [4.78, 5) is 8.20. The van der Waals surface area contributed by atoms with Gasteiger partial charge in [-0.25, -0.2) is 20.8 Å². The van der Waals surface area contributed by atoms with Gasteiger partial charge in [0.25, 0.3) is 0 Å². The molecule has 1 aliphatic rings. The van der Waals surface area contributed by atoms with E-state index < -0.39 is 0 Å². The van der Waals surface area contributed by atoms with Crippen LogP contribution < -0.4 is 31.4 Å². The molecule has 2 unspecified atom stereocenters. The number of anilines is 1. The molecule has 1 aromatic carbocycles. The highest BCUT2D eigenvalue weighted by atomic mass is 16.5. The number of aromatic nitrogens is 2. The van der Waals surface area contributed by atoms with Gasteiger partial charge in [0, 0.05) is 6.42 Å². The first-order valence-corrected chi connectivity index (χ1v) is 8.74. The number of hydrazine groups is 1. The lowest BCUT2D eigenvalue weighted by molar-refractivity contribution is 0.302. The van der Waals surface area contributed by atoms with Crippen molar-refractivity contribution in [1.29, 1.82) is 5.26 Å². The first-order chi connectivity index (χ1) is 13.2. The van der Waals surface area contributed by atoms with E-state index >= 15 is 0 Å². The maximum Gasteiger partial charge on any atom is 0.158 e. The highest BCUT2D eigenvalue weighted by molar-refractivity contribution is 5.48. The number of nitriles is 1. The molecule has 142 valence electrons. The first kappa shape index (κ1) is 18.8. The molecule has 0 saturated carbocycles. The molecule has 2 atom stereocenters. The van der Waals surface area contributed by atoms with Crippen LogP contribution in [0.4, 0.5) is 5.82 Å². The Bertz CT molecular complexity index is 791. The minimum atomic E-state index is -0.0703. The van der Waals surface area contributed by atoms with E-state index in [9.17, 15) is 0 Å². The highest BCUT2D eigenvalue weighted by Gasteiger charge is 2.30. The van der Waals surface area contributed by atoms with Crippen LogP contribution in [-0.2, 0) is 0 Å². The zero-order valence-electron chi connectivity index (χ0n) is 15.1. The van der Waals surface area contributed by atoms with Gasteiger partial charge in [-0.3, -0.25) is 0 Å². The van der Waals surface area contributed by atoms with Crippen molar-refractivity contribution >= 4 is 5.82 Å². The van der Waals surface area contributed by atoms with Gasteiger partial charge in [-0.15, -0.1) is 0 Å². The van der Waals surface area contributed by atoms with Crippen molar-refractivity contribution in [3.05, 3.63) is 41.9 Å². The average molecular weight is 369 g/mol.